The third-order valence-corrected chi connectivity index (χ3v) is 3.76. The van der Waals surface area contributed by atoms with Crippen LogP contribution in [0.15, 0.2) is 36.7 Å². The van der Waals surface area contributed by atoms with Gasteiger partial charge in [-0.25, -0.2) is 17.6 Å². The zero-order valence-electron chi connectivity index (χ0n) is 12.9. The number of fused-ring (bicyclic) bond motifs is 2. The van der Waals surface area contributed by atoms with Gasteiger partial charge in [0.1, 0.15) is 0 Å². The van der Waals surface area contributed by atoms with E-state index in [9.17, 15) is 27.2 Å². The maximum atomic E-state index is 12.7. The number of H-pyrrole nitrogens is 2. The van der Waals surface area contributed by atoms with Gasteiger partial charge in [0.15, 0.2) is 35.8 Å². The van der Waals surface area contributed by atoms with Crippen molar-refractivity contribution in [3.63, 3.8) is 0 Å². The molecular weight excluding hydrogens is 352 g/mol. The van der Waals surface area contributed by atoms with Crippen LogP contribution in [0.25, 0.3) is 21.8 Å². The Morgan fingerprint density at radius 2 is 0.962 bits per heavy atom. The van der Waals surface area contributed by atoms with E-state index in [2.05, 4.69) is 9.97 Å². The first-order chi connectivity index (χ1) is 12.4. The monoisotopic (exact) mass is 362 g/mol. The predicted molar refractivity (Wildman–Crippen MR) is 87.2 cm³/mol. The van der Waals surface area contributed by atoms with Gasteiger partial charge in [0.25, 0.3) is 0 Å². The Balaban J connectivity index is 0.000000151. The molecule has 0 spiro atoms. The van der Waals surface area contributed by atoms with E-state index in [4.69, 9.17) is 0 Å². The average molecular weight is 362 g/mol. The SMILES string of the molecule is O=Cc1c[nH]c2cc(F)c(F)cc12.O=Cc1c[nH]c2cc(F)c(F)cc12. The zero-order chi connectivity index (χ0) is 18.8. The molecule has 26 heavy (non-hydrogen) atoms. The molecule has 0 amide bonds. The first-order valence-electron chi connectivity index (χ1n) is 7.27. The highest BCUT2D eigenvalue weighted by Gasteiger charge is 2.09. The van der Waals surface area contributed by atoms with Gasteiger partial charge in [0.2, 0.25) is 0 Å². The summed E-state index contributed by atoms with van der Waals surface area (Å²) >= 11 is 0. The van der Waals surface area contributed by atoms with Gasteiger partial charge in [-0.2, -0.15) is 0 Å². The molecule has 4 aromatic rings. The lowest BCUT2D eigenvalue weighted by Gasteiger charge is -1.93. The fourth-order valence-corrected chi connectivity index (χ4v) is 2.47. The highest BCUT2D eigenvalue weighted by atomic mass is 19.2. The van der Waals surface area contributed by atoms with Crippen LogP contribution < -0.4 is 0 Å². The lowest BCUT2D eigenvalue weighted by Crippen LogP contribution is -1.83. The minimum Gasteiger partial charge on any atom is -0.360 e. The first-order valence-corrected chi connectivity index (χ1v) is 7.27. The molecule has 4 rings (SSSR count). The maximum Gasteiger partial charge on any atom is 0.160 e. The standard InChI is InChI=1S/2C9H5F2NO/c2*10-7-1-6-5(4-13)3-12-9(6)2-8(7)11/h2*1-4,12H. The van der Waals surface area contributed by atoms with Crippen LogP contribution in [0, 0.1) is 23.3 Å². The number of hydrogen-bond donors (Lipinski definition) is 2. The fourth-order valence-electron chi connectivity index (χ4n) is 2.47. The van der Waals surface area contributed by atoms with Crippen LogP contribution in [0.3, 0.4) is 0 Å². The lowest BCUT2D eigenvalue weighted by atomic mass is 10.2. The Kier molecular flexibility index (Phi) is 4.57. The topological polar surface area (TPSA) is 65.7 Å². The number of hydrogen-bond acceptors (Lipinski definition) is 2. The molecule has 0 fully saturated rings. The van der Waals surface area contributed by atoms with Crippen molar-refractivity contribution in [3.8, 4) is 0 Å². The molecule has 4 nitrogen and oxygen atoms in total. The van der Waals surface area contributed by atoms with Gasteiger partial charge in [-0.1, -0.05) is 0 Å². The summed E-state index contributed by atoms with van der Waals surface area (Å²) < 4.78 is 50.8. The Morgan fingerprint density at radius 3 is 1.31 bits per heavy atom. The smallest absolute Gasteiger partial charge is 0.160 e. The Labute approximate surface area is 143 Å². The van der Waals surface area contributed by atoms with E-state index in [1.54, 1.807) is 0 Å². The third-order valence-electron chi connectivity index (χ3n) is 3.76. The van der Waals surface area contributed by atoms with Gasteiger partial charge in [-0.05, 0) is 12.1 Å². The molecule has 132 valence electrons. The Morgan fingerprint density at radius 1 is 0.615 bits per heavy atom. The van der Waals surface area contributed by atoms with Crippen molar-refractivity contribution in [1.29, 1.82) is 0 Å². The van der Waals surface area contributed by atoms with Gasteiger partial charge in [-0.15, -0.1) is 0 Å². The van der Waals surface area contributed by atoms with Crippen molar-refractivity contribution < 1.29 is 27.2 Å². The lowest BCUT2D eigenvalue weighted by molar-refractivity contribution is 0.111. The minimum absolute atomic E-state index is 0.328. The summed E-state index contributed by atoms with van der Waals surface area (Å²) in [5.41, 5.74) is 1.49. The second-order valence-corrected chi connectivity index (χ2v) is 5.35. The number of benzene rings is 2. The third kappa shape index (κ3) is 3.08. The summed E-state index contributed by atoms with van der Waals surface area (Å²) in [5.74, 6) is -3.75. The van der Waals surface area contributed by atoms with Crippen molar-refractivity contribution >= 4 is 34.4 Å². The molecule has 0 radical (unpaired) electrons. The first kappa shape index (κ1) is 17.4. The molecule has 2 aromatic carbocycles. The number of aldehydes is 2. The number of aromatic nitrogens is 2. The normalized spacial score (nSPS) is 10.6. The molecule has 0 aliphatic heterocycles. The molecule has 8 heteroatoms. The van der Waals surface area contributed by atoms with Gasteiger partial charge >= 0.3 is 0 Å². The van der Waals surface area contributed by atoms with Crippen molar-refractivity contribution in [2.45, 2.75) is 0 Å². The van der Waals surface area contributed by atoms with Crippen molar-refractivity contribution in [1.82, 2.24) is 9.97 Å². The predicted octanol–water partition coefficient (Wildman–Crippen LogP) is 4.52. The minimum atomic E-state index is -0.949. The highest BCUT2D eigenvalue weighted by molar-refractivity contribution is 5.97. The molecule has 0 atom stereocenters. The summed E-state index contributed by atoms with van der Waals surface area (Å²) in [6, 6.07) is 4.06. The van der Waals surface area contributed by atoms with Crippen molar-refractivity contribution in [3.05, 3.63) is 71.1 Å². The molecular formula is C18H10F4N2O2. The van der Waals surface area contributed by atoms with E-state index in [1.807, 2.05) is 0 Å². The van der Waals surface area contributed by atoms with Crippen LogP contribution in [0.1, 0.15) is 20.7 Å². The van der Waals surface area contributed by atoms with Crippen LogP contribution in [0.2, 0.25) is 0 Å². The summed E-state index contributed by atoms with van der Waals surface area (Å²) in [6.45, 7) is 0. The second-order valence-electron chi connectivity index (χ2n) is 5.35. The molecule has 2 aromatic heterocycles. The van der Waals surface area contributed by atoms with E-state index >= 15 is 0 Å². The van der Waals surface area contributed by atoms with E-state index in [1.165, 1.54) is 12.4 Å². The van der Waals surface area contributed by atoms with Crippen LogP contribution in [-0.4, -0.2) is 22.5 Å². The number of halogens is 4. The average Bonchev–Trinajstić information content (AvgIpc) is 3.19. The quantitative estimate of drug-likeness (QED) is 0.407. The van der Waals surface area contributed by atoms with Crippen molar-refractivity contribution in [2.24, 2.45) is 0 Å². The van der Waals surface area contributed by atoms with Crippen LogP contribution in [-0.2, 0) is 0 Å². The molecule has 2 heterocycles. The molecule has 0 aliphatic carbocycles. The number of rotatable bonds is 2. The van der Waals surface area contributed by atoms with Crippen LogP contribution in [0.4, 0.5) is 17.6 Å². The largest absolute Gasteiger partial charge is 0.360 e. The number of nitrogens with one attached hydrogen (secondary N) is 2. The Hall–Kier alpha value is -3.42. The van der Waals surface area contributed by atoms with Gasteiger partial charge in [0, 0.05) is 57.5 Å². The summed E-state index contributed by atoms with van der Waals surface area (Å²) in [5, 5.41) is 0.794. The molecule has 2 N–H and O–H groups in total. The van der Waals surface area contributed by atoms with E-state index in [0.717, 1.165) is 24.3 Å². The second kappa shape index (κ2) is 6.83. The highest BCUT2D eigenvalue weighted by Crippen LogP contribution is 2.21. The molecule has 0 saturated heterocycles. The van der Waals surface area contributed by atoms with E-state index in [0.29, 0.717) is 45.5 Å². The maximum absolute atomic E-state index is 12.7. The fraction of sp³-hybridized carbons (Fsp3) is 0. The number of aromatic amines is 2. The number of carbonyl (C=O) groups excluding carboxylic acids is 2. The number of carbonyl (C=O) groups is 2. The van der Waals surface area contributed by atoms with Gasteiger partial charge < -0.3 is 9.97 Å². The van der Waals surface area contributed by atoms with E-state index < -0.39 is 23.3 Å². The summed E-state index contributed by atoms with van der Waals surface area (Å²) in [4.78, 5) is 26.2. The van der Waals surface area contributed by atoms with Crippen LogP contribution >= 0.6 is 0 Å². The Bertz CT molecular complexity index is 1040. The summed E-state index contributed by atoms with van der Waals surface area (Å²) in [7, 11) is 0. The summed E-state index contributed by atoms with van der Waals surface area (Å²) in [6.07, 6.45) is 4.01. The van der Waals surface area contributed by atoms with Crippen LogP contribution in [0.5, 0.6) is 0 Å². The van der Waals surface area contributed by atoms with Gasteiger partial charge in [0.05, 0.1) is 0 Å². The van der Waals surface area contributed by atoms with Gasteiger partial charge in [-0.3, -0.25) is 9.59 Å². The zero-order valence-corrected chi connectivity index (χ0v) is 12.9. The van der Waals surface area contributed by atoms with E-state index in [-0.39, 0.29) is 0 Å². The van der Waals surface area contributed by atoms with Crippen molar-refractivity contribution in [2.75, 3.05) is 0 Å². The molecule has 0 unspecified atom stereocenters. The molecule has 0 bridgehead atoms. The molecule has 0 aliphatic rings. The molecule has 0 saturated carbocycles.